The summed E-state index contributed by atoms with van der Waals surface area (Å²) >= 11 is 0. The van der Waals surface area contributed by atoms with Crippen molar-refractivity contribution in [3.8, 4) is 0 Å². The predicted octanol–water partition coefficient (Wildman–Crippen LogP) is 1.33. The molecule has 0 radical (unpaired) electrons. The zero-order valence-corrected chi connectivity index (χ0v) is 14.4. The lowest BCUT2D eigenvalue weighted by Crippen LogP contribution is -2.54. The summed E-state index contributed by atoms with van der Waals surface area (Å²) in [5.74, 6) is 0.0450. The number of hydrogen-bond acceptors (Lipinski definition) is 4. The minimum atomic E-state index is -0.601. The molecule has 1 atom stereocenters. The largest absolute Gasteiger partial charge is 0.383 e. The van der Waals surface area contributed by atoms with Gasteiger partial charge < -0.3 is 15.8 Å². The molecule has 1 heterocycles. The van der Waals surface area contributed by atoms with Crippen LogP contribution in [0.25, 0.3) is 0 Å². The molecule has 0 spiro atoms. The second kappa shape index (κ2) is 9.85. The van der Waals surface area contributed by atoms with Crippen molar-refractivity contribution in [3.05, 3.63) is 0 Å². The summed E-state index contributed by atoms with van der Waals surface area (Å²) in [6.45, 7) is 3.54. The van der Waals surface area contributed by atoms with Gasteiger partial charge >= 0.3 is 0 Å². The van der Waals surface area contributed by atoms with Gasteiger partial charge in [0, 0.05) is 26.2 Å². The Morgan fingerprint density at radius 3 is 2.62 bits per heavy atom. The normalized spacial score (nSPS) is 24.2. The number of rotatable bonds is 6. The van der Waals surface area contributed by atoms with Crippen LogP contribution in [0.2, 0.25) is 0 Å². The zero-order chi connectivity index (χ0) is 13.7. The molecule has 1 amide bonds. The van der Waals surface area contributed by atoms with Gasteiger partial charge in [-0.25, -0.2) is 0 Å². The first kappa shape index (κ1) is 20.9. The van der Waals surface area contributed by atoms with Crippen LogP contribution in [0.1, 0.15) is 38.5 Å². The second-order valence-electron chi connectivity index (χ2n) is 5.90. The highest BCUT2D eigenvalue weighted by Gasteiger charge is 2.37. The van der Waals surface area contributed by atoms with Gasteiger partial charge in [0.1, 0.15) is 0 Å². The molecule has 2 rings (SSSR count). The molecule has 2 fully saturated rings. The van der Waals surface area contributed by atoms with Gasteiger partial charge in [0.25, 0.3) is 0 Å². The Hall–Kier alpha value is -0.0700. The number of hydrogen-bond donors (Lipinski definition) is 2. The molecule has 1 aliphatic heterocycles. The molecule has 0 aromatic heterocycles. The Morgan fingerprint density at radius 2 is 2.00 bits per heavy atom. The Kier molecular flexibility index (Phi) is 9.81. The van der Waals surface area contributed by atoms with Gasteiger partial charge in [-0.05, 0) is 32.2 Å². The molecule has 0 aromatic carbocycles. The third-order valence-electron chi connectivity index (χ3n) is 4.53. The molecule has 0 bridgehead atoms. The van der Waals surface area contributed by atoms with Crippen molar-refractivity contribution in [1.29, 1.82) is 0 Å². The quantitative estimate of drug-likeness (QED) is 0.764. The fourth-order valence-corrected chi connectivity index (χ4v) is 3.25. The van der Waals surface area contributed by atoms with Gasteiger partial charge in [-0.3, -0.25) is 9.69 Å². The highest BCUT2D eigenvalue weighted by molar-refractivity contribution is 5.86. The second-order valence-corrected chi connectivity index (χ2v) is 5.90. The molecule has 21 heavy (non-hydrogen) atoms. The highest BCUT2D eigenvalue weighted by atomic mass is 35.5. The summed E-state index contributed by atoms with van der Waals surface area (Å²) < 4.78 is 5.13. The first-order chi connectivity index (χ1) is 9.15. The molecule has 7 heteroatoms. The number of amides is 1. The number of ether oxygens (including phenoxy) is 1. The van der Waals surface area contributed by atoms with E-state index in [1.807, 2.05) is 0 Å². The molecular formula is C14H29Cl2N3O2. The third kappa shape index (κ3) is 5.57. The van der Waals surface area contributed by atoms with E-state index in [1.54, 1.807) is 7.11 Å². The first-order valence-electron chi connectivity index (χ1n) is 7.46. The molecule has 1 aliphatic carbocycles. The fourth-order valence-electron chi connectivity index (χ4n) is 3.25. The van der Waals surface area contributed by atoms with Crippen molar-refractivity contribution in [1.82, 2.24) is 10.2 Å². The number of likely N-dealkylation sites (tertiary alicyclic amines) is 1. The lowest BCUT2D eigenvalue weighted by atomic mass is 9.98. The maximum Gasteiger partial charge on any atom is 0.240 e. The third-order valence-corrected chi connectivity index (χ3v) is 4.53. The van der Waals surface area contributed by atoms with Crippen LogP contribution in [0.15, 0.2) is 0 Å². The van der Waals surface area contributed by atoms with Crippen molar-refractivity contribution in [2.45, 2.75) is 50.1 Å². The minimum Gasteiger partial charge on any atom is -0.383 e. The number of nitrogens with zero attached hydrogens (tertiary/aromatic N) is 1. The molecule has 3 N–H and O–H groups in total. The first-order valence-corrected chi connectivity index (χ1v) is 7.46. The zero-order valence-electron chi connectivity index (χ0n) is 12.8. The fraction of sp³-hybridized carbons (Fsp3) is 0.929. The lowest BCUT2D eigenvalue weighted by molar-refractivity contribution is -0.126. The standard InChI is InChI=1S/C14H27N3O2.2ClH/c1-19-10-9-17-8-4-5-12(17)11-16-13(18)14(15)6-2-3-7-14;;/h12H,2-11,15H2,1H3,(H,16,18);2*1H. The average molecular weight is 342 g/mol. The maximum absolute atomic E-state index is 12.2. The van der Waals surface area contributed by atoms with E-state index < -0.39 is 5.54 Å². The van der Waals surface area contributed by atoms with Gasteiger partial charge in [-0.15, -0.1) is 24.8 Å². The van der Waals surface area contributed by atoms with Crippen molar-refractivity contribution >= 4 is 30.7 Å². The molecule has 5 nitrogen and oxygen atoms in total. The van der Waals surface area contributed by atoms with Crippen LogP contribution >= 0.6 is 24.8 Å². The van der Waals surface area contributed by atoms with E-state index in [9.17, 15) is 4.79 Å². The predicted molar refractivity (Wildman–Crippen MR) is 89.4 cm³/mol. The van der Waals surface area contributed by atoms with Gasteiger partial charge in [-0.1, -0.05) is 12.8 Å². The van der Waals surface area contributed by atoms with Gasteiger partial charge in [0.05, 0.1) is 12.1 Å². The number of carbonyl (C=O) groups is 1. The SMILES string of the molecule is COCCN1CCCC1CNC(=O)C1(N)CCCC1.Cl.Cl. The van der Waals surface area contributed by atoms with Gasteiger partial charge in [0.2, 0.25) is 5.91 Å². The van der Waals surface area contributed by atoms with Gasteiger partial charge in [0.15, 0.2) is 0 Å². The number of nitrogens with two attached hydrogens (primary N) is 1. The number of carbonyl (C=O) groups excluding carboxylic acids is 1. The van der Waals surface area contributed by atoms with E-state index in [2.05, 4.69) is 10.2 Å². The average Bonchev–Trinajstić information content (AvgIpc) is 3.03. The summed E-state index contributed by atoms with van der Waals surface area (Å²) in [6, 6.07) is 0.448. The van der Waals surface area contributed by atoms with Crippen LogP contribution in [0, 0.1) is 0 Å². The molecule has 1 saturated carbocycles. The summed E-state index contributed by atoms with van der Waals surface area (Å²) in [5, 5.41) is 3.07. The smallest absolute Gasteiger partial charge is 0.240 e. The van der Waals surface area contributed by atoms with E-state index >= 15 is 0 Å². The summed E-state index contributed by atoms with van der Waals surface area (Å²) in [7, 11) is 1.73. The van der Waals surface area contributed by atoms with Crippen molar-refractivity contribution in [2.75, 3.05) is 33.4 Å². The van der Waals surface area contributed by atoms with E-state index in [0.717, 1.165) is 58.3 Å². The van der Waals surface area contributed by atoms with E-state index in [-0.39, 0.29) is 30.7 Å². The Labute approximate surface area is 140 Å². The molecule has 1 saturated heterocycles. The molecular weight excluding hydrogens is 313 g/mol. The highest BCUT2D eigenvalue weighted by Crippen LogP contribution is 2.27. The lowest BCUT2D eigenvalue weighted by Gasteiger charge is -2.27. The number of halogens is 2. The van der Waals surface area contributed by atoms with Crippen LogP contribution in [-0.4, -0.2) is 55.7 Å². The summed E-state index contributed by atoms with van der Waals surface area (Å²) in [6.07, 6.45) is 6.17. The van der Waals surface area contributed by atoms with Crippen molar-refractivity contribution in [2.24, 2.45) is 5.73 Å². The summed E-state index contributed by atoms with van der Waals surface area (Å²) in [5.41, 5.74) is 5.56. The minimum absolute atomic E-state index is 0. The van der Waals surface area contributed by atoms with E-state index in [0.29, 0.717) is 6.04 Å². The van der Waals surface area contributed by atoms with Crippen molar-refractivity contribution < 1.29 is 9.53 Å². The number of methoxy groups -OCH3 is 1. The summed E-state index contributed by atoms with van der Waals surface area (Å²) in [4.78, 5) is 14.6. The van der Waals surface area contributed by atoms with Crippen LogP contribution in [0.4, 0.5) is 0 Å². The molecule has 126 valence electrons. The van der Waals surface area contributed by atoms with Crippen LogP contribution in [0.5, 0.6) is 0 Å². The monoisotopic (exact) mass is 341 g/mol. The molecule has 1 unspecified atom stereocenters. The van der Waals surface area contributed by atoms with Crippen molar-refractivity contribution in [3.63, 3.8) is 0 Å². The topological polar surface area (TPSA) is 67.6 Å². The van der Waals surface area contributed by atoms with Gasteiger partial charge in [-0.2, -0.15) is 0 Å². The van der Waals surface area contributed by atoms with Crippen LogP contribution in [-0.2, 0) is 9.53 Å². The molecule has 2 aliphatic rings. The van der Waals surface area contributed by atoms with E-state index in [4.69, 9.17) is 10.5 Å². The Morgan fingerprint density at radius 1 is 1.33 bits per heavy atom. The Bertz CT molecular complexity index is 313. The number of nitrogens with one attached hydrogen (secondary N) is 1. The maximum atomic E-state index is 12.2. The van der Waals surface area contributed by atoms with Crippen LogP contribution < -0.4 is 11.1 Å². The van der Waals surface area contributed by atoms with E-state index in [1.165, 1.54) is 6.42 Å². The molecule has 0 aromatic rings. The Balaban J connectivity index is 0.00000200. The van der Waals surface area contributed by atoms with Crippen LogP contribution in [0.3, 0.4) is 0 Å².